The van der Waals surface area contributed by atoms with Crippen molar-refractivity contribution in [3.8, 4) is 0 Å². The van der Waals surface area contributed by atoms with Crippen LogP contribution in [0.15, 0.2) is 40.7 Å². The Morgan fingerprint density at radius 1 is 1.25 bits per heavy atom. The van der Waals surface area contributed by atoms with Crippen LogP contribution < -0.4 is 5.32 Å². The quantitative estimate of drug-likeness (QED) is 0.339. The molecule has 146 valence electrons. The lowest BCUT2D eigenvalue weighted by atomic mass is 10.2. The first-order valence-electron chi connectivity index (χ1n) is 8.73. The smallest absolute Gasteiger partial charge is 0.266 e. The van der Waals surface area contributed by atoms with E-state index in [0.29, 0.717) is 32.3 Å². The van der Waals surface area contributed by atoms with Gasteiger partial charge in [0.05, 0.1) is 4.91 Å². The summed E-state index contributed by atoms with van der Waals surface area (Å²) in [5, 5.41) is 5.86. The average Bonchev–Trinajstić information content (AvgIpc) is 3.26. The number of amides is 2. The monoisotopic (exact) mass is 451 g/mol. The van der Waals surface area contributed by atoms with Gasteiger partial charge in [0.15, 0.2) is 5.13 Å². The van der Waals surface area contributed by atoms with Gasteiger partial charge >= 0.3 is 0 Å². The van der Waals surface area contributed by atoms with Crippen LogP contribution in [0.25, 0.3) is 6.08 Å². The van der Waals surface area contributed by atoms with Gasteiger partial charge < -0.3 is 5.32 Å². The van der Waals surface area contributed by atoms with E-state index < -0.39 is 0 Å². The number of carbonyl (C=O) groups excluding carboxylic acids is 2. The van der Waals surface area contributed by atoms with Crippen LogP contribution in [-0.2, 0) is 9.59 Å². The number of hydrogen-bond acceptors (Lipinski definition) is 6. The fourth-order valence-corrected chi connectivity index (χ4v) is 4.58. The number of halogens is 1. The zero-order chi connectivity index (χ0) is 19.9. The van der Waals surface area contributed by atoms with Gasteiger partial charge in [0.1, 0.15) is 4.32 Å². The molecule has 2 heterocycles. The van der Waals surface area contributed by atoms with Gasteiger partial charge in [-0.2, -0.15) is 0 Å². The molecule has 0 saturated carbocycles. The maximum Gasteiger partial charge on any atom is 0.266 e. The number of benzene rings is 1. The highest BCUT2D eigenvalue weighted by Crippen LogP contribution is 2.33. The molecule has 1 aromatic carbocycles. The van der Waals surface area contributed by atoms with Crippen molar-refractivity contribution in [3.63, 3.8) is 0 Å². The van der Waals surface area contributed by atoms with E-state index in [9.17, 15) is 9.59 Å². The lowest BCUT2D eigenvalue weighted by Gasteiger charge is -2.14. The number of unbranched alkanes of at least 4 members (excludes halogenated alkanes) is 2. The summed E-state index contributed by atoms with van der Waals surface area (Å²) < 4.78 is 0.576. The number of rotatable bonds is 8. The van der Waals surface area contributed by atoms with E-state index in [4.69, 9.17) is 23.8 Å². The molecule has 1 aliphatic heterocycles. The largest absolute Gasteiger partial charge is 0.302 e. The van der Waals surface area contributed by atoms with E-state index >= 15 is 0 Å². The van der Waals surface area contributed by atoms with E-state index in [1.807, 2.05) is 23.6 Å². The maximum absolute atomic E-state index is 12.6. The fourth-order valence-electron chi connectivity index (χ4n) is 2.60. The van der Waals surface area contributed by atoms with Gasteiger partial charge in [0, 0.05) is 29.6 Å². The molecule has 0 spiro atoms. The molecule has 0 bridgehead atoms. The number of nitrogens with zero attached hydrogens (tertiary/aromatic N) is 2. The number of nitrogens with one attached hydrogen (secondary N) is 1. The Morgan fingerprint density at radius 3 is 2.75 bits per heavy atom. The third-order valence-electron chi connectivity index (χ3n) is 4.01. The number of carbonyl (C=O) groups is 2. The zero-order valence-electron chi connectivity index (χ0n) is 14.9. The predicted octanol–water partition coefficient (Wildman–Crippen LogP) is 5.20. The Bertz CT molecular complexity index is 882. The minimum atomic E-state index is -0.0635. The Labute approximate surface area is 182 Å². The molecule has 1 aliphatic rings. The summed E-state index contributed by atoms with van der Waals surface area (Å²) in [6.45, 7) is 0.566. The second kappa shape index (κ2) is 10.2. The normalized spacial score (nSPS) is 15.5. The molecule has 0 unspecified atom stereocenters. The molecule has 0 atom stereocenters. The zero-order valence-corrected chi connectivity index (χ0v) is 18.1. The van der Waals surface area contributed by atoms with Crippen LogP contribution in [0.4, 0.5) is 5.13 Å². The first-order valence-corrected chi connectivity index (χ1v) is 11.2. The standard InChI is InChI=1S/C19H18ClN3O2S3/c20-14-7-5-13(6-8-14)12-15-17(25)23(19(26)28-15)10-3-1-2-4-16(24)22-18-21-9-11-27-18/h5-9,11-12H,1-4,10H2,(H,21,22,24)/b15-12-. The number of anilines is 1. The van der Waals surface area contributed by atoms with Gasteiger partial charge in [-0.3, -0.25) is 14.5 Å². The van der Waals surface area contributed by atoms with Crippen molar-refractivity contribution >= 4 is 74.3 Å². The SMILES string of the molecule is O=C(CCCCCN1C(=O)/C(=C/c2ccc(Cl)cc2)SC1=S)Nc1nccs1. The molecule has 28 heavy (non-hydrogen) atoms. The minimum Gasteiger partial charge on any atom is -0.302 e. The highest BCUT2D eigenvalue weighted by Gasteiger charge is 2.31. The summed E-state index contributed by atoms with van der Waals surface area (Å²) in [6, 6.07) is 7.31. The van der Waals surface area contributed by atoms with Gasteiger partial charge in [-0.05, 0) is 36.6 Å². The van der Waals surface area contributed by atoms with Gasteiger partial charge in [-0.25, -0.2) is 4.98 Å². The number of thiocarbonyl (C=S) groups is 1. The molecular weight excluding hydrogens is 434 g/mol. The number of aromatic nitrogens is 1. The predicted molar refractivity (Wildman–Crippen MR) is 121 cm³/mol. The topological polar surface area (TPSA) is 62.3 Å². The van der Waals surface area contributed by atoms with Crippen LogP contribution >= 0.6 is 46.9 Å². The molecular formula is C19H18ClN3O2S3. The summed E-state index contributed by atoms with van der Waals surface area (Å²) in [5.41, 5.74) is 0.913. The first kappa shape index (κ1) is 21.0. The second-order valence-corrected chi connectivity index (χ2v) is 9.09. The minimum absolute atomic E-state index is 0.0357. The molecule has 3 rings (SSSR count). The van der Waals surface area contributed by atoms with Crippen molar-refractivity contribution in [2.75, 3.05) is 11.9 Å². The second-order valence-electron chi connectivity index (χ2n) is 6.08. The Morgan fingerprint density at radius 2 is 2.04 bits per heavy atom. The van der Waals surface area contributed by atoms with Gasteiger partial charge in [-0.1, -0.05) is 54.1 Å². The van der Waals surface area contributed by atoms with Crippen molar-refractivity contribution in [1.29, 1.82) is 0 Å². The van der Waals surface area contributed by atoms with Crippen molar-refractivity contribution in [2.24, 2.45) is 0 Å². The van der Waals surface area contributed by atoms with Gasteiger partial charge in [-0.15, -0.1) is 11.3 Å². The summed E-state index contributed by atoms with van der Waals surface area (Å²) in [6.07, 6.45) is 6.33. The molecule has 1 saturated heterocycles. The molecule has 9 heteroatoms. The van der Waals surface area contributed by atoms with E-state index in [2.05, 4.69) is 10.3 Å². The molecule has 1 aromatic heterocycles. The van der Waals surface area contributed by atoms with Crippen LogP contribution in [0, 0.1) is 0 Å². The number of thioether (sulfide) groups is 1. The van der Waals surface area contributed by atoms with Crippen LogP contribution in [0.2, 0.25) is 5.02 Å². The van der Waals surface area contributed by atoms with Crippen molar-refractivity contribution < 1.29 is 9.59 Å². The Balaban J connectivity index is 1.42. The van der Waals surface area contributed by atoms with Crippen LogP contribution in [0.5, 0.6) is 0 Å². The molecule has 1 fully saturated rings. The average molecular weight is 452 g/mol. The summed E-state index contributed by atoms with van der Waals surface area (Å²) in [4.78, 5) is 30.7. The highest BCUT2D eigenvalue weighted by atomic mass is 35.5. The fraction of sp³-hybridized carbons (Fsp3) is 0.263. The molecule has 5 nitrogen and oxygen atoms in total. The molecule has 0 radical (unpaired) electrons. The van der Waals surface area contributed by atoms with Crippen LogP contribution in [0.3, 0.4) is 0 Å². The van der Waals surface area contributed by atoms with Crippen molar-refractivity contribution in [3.05, 3.63) is 51.3 Å². The molecule has 2 aromatic rings. The maximum atomic E-state index is 12.6. The van der Waals surface area contributed by atoms with Crippen LogP contribution in [-0.4, -0.2) is 32.6 Å². The van der Waals surface area contributed by atoms with E-state index in [-0.39, 0.29) is 11.8 Å². The number of hydrogen-bond donors (Lipinski definition) is 1. The van der Waals surface area contributed by atoms with Gasteiger partial charge in [0.25, 0.3) is 5.91 Å². The van der Waals surface area contributed by atoms with Gasteiger partial charge in [0.2, 0.25) is 5.91 Å². The Kier molecular flexibility index (Phi) is 7.61. The van der Waals surface area contributed by atoms with E-state index in [1.54, 1.807) is 23.2 Å². The highest BCUT2D eigenvalue weighted by molar-refractivity contribution is 8.26. The lowest BCUT2D eigenvalue weighted by Crippen LogP contribution is -2.29. The molecule has 1 N–H and O–H groups in total. The van der Waals surface area contributed by atoms with Crippen molar-refractivity contribution in [1.82, 2.24) is 9.88 Å². The lowest BCUT2D eigenvalue weighted by molar-refractivity contribution is -0.122. The third kappa shape index (κ3) is 5.88. The van der Waals surface area contributed by atoms with E-state index in [0.717, 1.165) is 24.8 Å². The summed E-state index contributed by atoms with van der Waals surface area (Å²) in [5.74, 6) is -0.0991. The summed E-state index contributed by atoms with van der Waals surface area (Å²) >= 11 is 14.0. The molecule has 2 amide bonds. The number of thiazole rings is 1. The summed E-state index contributed by atoms with van der Waals surface area (Å²) in [7, 11) is 0. The molecule has 0 aliphatic carbocycles. The third-order valence-corrected chi connectivity index (χ3v) is 6.32. The first-order chi connectivity index (χ1) is 13.5. The van der Waals surface area contributed by atoms with E-state index in [1.165, 1.54) is 23.1 Å². The van der Waals surface area contributed by atoms with Crippen molar-refractivity contribution in [2.45, 2.75) is 25.7 Å². The Hall–Kier alpha value is -1.74. The van der Waals surface area contributed by atoms with Crippen LogP contribution in [0.1, 0.15) is 31.2 Å².